The molecule has 0 saturated carbocycles. The van der Waals surface area contributed by atoms with Crippen LogP contribution in [0, 0.1) is 0 Å². The molecule has 49 heavy (non-hydrogen) atoms. The Morgan fingerprint density at radius 1 is 0.408 bits per heavy atom. The maximum atomic E-state index is 5.27. The zero-order valence-electron chi connectivity index (χ0n) is 26.7. The third-order valence-electron chi connectivity index (χ3n) is 10.0. The fraction of sp³-hybridized carbons (Fsp3) is 0.0444. The van der Waals surface area contributed by atoms with Crippen molar-refractivity contribution >= 4 is 49.3 Å². The van der Waals surface area contributed by atoms with Gasteiger partial charge >= 0.3 is 0 Å². The molecule has 0 aliphatic carbocycles. The fourth-order valence-corrected chi connectivity index (χ4v) is 7.78. The molecule has 4 heteroatoms. The van der Waals surface area contributed by atoms with Gasteiger partial charge in [-0.25, -0.2) is 0 Å². The fourth-order valence-electron chi connectivity index (χ4n) is 7.78. The van der Waals surface area contributed by atoms with E-state index in [-0.39, 0.29) is 12.2 Å². The normalized spacial score (nSPS) is 16.2. The van der Waals surface area contributed by atoms with E-state index >= 15 is 0 Å². The van der Waals surface area contributed by atoms with Crippen molar-refractivity contribution < 1.29 is 0 Å². The maximum absolute atomic E-state index is 5.27. The first-order valence-corrected chi connectivity index (χ1v) is 16.9. The van der Waals surface area contributed by atoms with E-state index in [2.05, 4.69) is 190 Å². The van der Waals surface area contributed by atoms with Crippen molar-refractivity contribution in [1.29, 1.82) is 0 Å². The number of aromatic nitrogens is 2. The molecular formula is C45H32N4. The van der Waals surface area contributed by atoms with Gasteiger partial charge in [-0.1, -0.05) is 127 Å². The molecule has 0 fully saturated rings. The SMILES string of the molecule is c1ccc(C2=NC(c3ccc(-n4c5ccccc5c5cc6c7ccccc7n(-c7ccccc7)c6cc54)cc3)NC2c2ccccc2)cc1. The lowest BCUT2D eigenvalue weighted by atomic mass is 9.97. The van der Waals surface area contributed by atoms with Crippen LogP contribution in [0.1, 0.15) is 28.9 Å². The highest BCUT2D eigenvalue weighted by atomic mass is 15.2. The summed E-state index contributed by atoms with van der Waals surface area (Å²) in [5.74, 6) is 0. The molecule has 0 bridgehead atoms. The molecule has 1 aliphatic rings. The summed E-state index contributed by atoms with van der Waals surface area (Å²) in [6.07, 6.45) is -0.145. The van der Waals surface area contributed by atoms with E-state index < -0.39 is 0 Å². The number of nitrogens with one attached hydrogen (secondary N) is 1. The second-order valence-corrected chi connectivity index (χ2v) is 12.8. The standard InChI is InChI=1S/C45H32N4/c1-4-14-30(15-5-1)43-44(31-16-6-2-7-17-31)47-45(46-43)32-24-26-34(27-25-32)49-40-23-13-11-21-36(40)38-28-37-35-20-10-12-22-39(35)48(41(37)29-42(38)49)33-18-8-3-9-19-33/h1-29,43,45-46H. The van der Waals surface area contributed by atoms with Crippen molar-refractivity contribution in [2.75, 3.05) is 0 Å². The number of hydrogen-bond acceptors (Lipinski definition) is 2. The summed E-state index contributed by atoms with van der Waals surface area (Å²) in [6.45, 7) is 0. The third kappa shape index (κ3) is 4.46. The lowest BCUT2D eigenvalue weighted by molar-refractivity contribution is 0.573. The van der Waals surface area contributed by atoms with E-state index in [0.29, 0.717) is 0 Å². The Balaban J connectivity index is 1.12. The van der Waals surface area contributed by atoms with E-state index in [0.717, 1.165) is 28.2 Å². The largest absolute Gasteiger partial charge is 0.309 e. The molecule has 0 saturated heterocycles. The van der Waals surface area contributed by atoms with Gasteiger partial charge in [0.15, 0.2) is 0 Å². The Bertz CT molecular complexity index is 2670. The highest BCUT2D eigenvalue weighted by Crippen LogP contribution is 2.40. The van der Waals surface area contributed by atoms with Crippen LogP contribution in [0.25, 0.3) is 55.0 Å². The highest BCUT2D eigenvalue weighted by Gasteiger charge is 2.30. The number of rotatable bonds is 5. The summed E-state index contributed by atoms with van der Waals surface area (Å²) in [5, 5.41) is 8.85. The van der Waals surface area contributed by atoms with Crippen LogP contribution in [0.15, 0.2) is 181 Å². The highest BCUT2D eigenvalue weighted by molar-refractivity contribution is 6.19. The van der Waals surface area contributed by atoms with Gasteiger partial charge in [-0.3, -0.25) is 10.3 Å². The van der Waals surface area contributed by atoms with Crippen LogP contribution in [-0.2, 0) is 0 Å². The number of benzene rings is 7. The Morgan fingerprint density at radius 2 is 0.918 bits per heavy atom. The number of fused-ring (bicyclic) bond motifs is 6. The molecule has 2 atom stereocenters. The van der Waals surface area contributed by atoms with E-state index in [4.69, 9.17) is 4.99 Å². The molecule has 7 aromatic carbocycles. The maximum Gasteiger partial charge on any atom is 0.126 e. The zero-order valence-corrected chi connectivity index (χ0v) is 26.7. The molecule has 9 aromatic rings. The van der Waals surface area contributed by atoms with Crippen molar-refractivity contribution in [2.45, 2.75) is 12.2 Å². The molecule has 1 aliphatic heterocycles. The second kappa shape index (κ2) is 11.2. The number of hydrogen-bond donors (Lipinski definition) is 1. The van der Waals surface area contributed by atoms with E-state index in [1.807, 2.05) is 0 Å². The summed E-state index contributed by atoms with van der Waals surface area (Å²) in [4.78, 5) is 5.27. The van der Waals surface area contributed by atoms with Crippen molar-refractivity contribution in [3.8, 4) is 11.4 Å². The van der Waals surface area contributed by atoms with Gasteiger partial charge in [0.2, 0.25) is 0 Å². The third-order valence-corrected chi connectivity index (χ3v) is 10.0. The monoisotopic (exact) mass is 628 g/mol. The summed E-state index contributed by atoms with van der Waals surface area (Å²) in [5.41, 5.74) is 11.7. The lowest BCUT2D eigenvalue weighted by Gasteiger charge is -2.17. The van der Waals surface area contributed by atoms with Gasteiger partial charge in [0.1, 0.15) is 6.17 Å². The van der Waals surface area contributed by atoms with E-state index in [1.54, 1.807) is 0 Å². The van der Waals surface area contributed by atoms with E-state index in [9.17, 15) is 0 Å². The Labute approximate surface area is 284 Å². The average molecular weight is 629 g/mol. The number of nitrogens with zero attached hydrogens (tertiary/aromatic N) is 3. The van der Waals surface area contributed by atoms with Gasteiger partial charge in [0.25, 0.3) is 0 Å². The van der Waals surface area contributed by atoms with Crippen LogP contribution >= 0.6 is 0 Å². The molecule has 0 radical (unpaired) electrons. The Morgan fingerprint density at radius 3 is 1.53 bits per heavy atom. The molecule has 232 valence electrons. The molecule has 2 aromatic heterocycles. The second-order valence-electron chi connectivity index (χ2n) is 12.8. The van der Waals surface area contributed by atoms with Crippen LogP contribution < -0.4 is 5.32 Å². The van der Waals surface area contributed by atoms with Crippen LogP contribution in [0.3, 0.4) is 0 Å². The van der Waals surface area contributed by atoms with Gasteiger partial charge in [-0.05, 0) is 65.2 Å². The van der Waals surface area contributed by atoms with Gasteiger partial charge in [-0.15, -0.1) is 0 Å². The van der Waals surface area contributed by atoms with Gasteiger partial charge in [-0.2, -0.15) is 0 Å². The quantitative estimate of drug-likeness (QED) is 0.202. The van der Waals surface area contributed by atoms with Crippen LogP contribution in [0.4, 0.5) is 0 Å². The minimum Gasteiger partial charge on any atom is -0.309 e. The summed E-state index contributed by atoms with van der Waals surface area (Å²) in [6, 6.07) is 63.1. The van der Waals surface area contributed by atoms with E-state index in [1.165, 1.54) is 49.2 Å². The van der Waals surface area contributed by atoms with Crippen molar-refractivity contribution in [3.05, 3.63) is 193 Å². The molecule has 3 heterocycles. The van der Waals surface area contributed by atoms with Crippen molar-refractivity contribution in [2.24, 2.45) is 4.99 Å². The van der Waals surface area contributed by atoms with Gasteiger partial charge in [0.05, 0.1) is 33.8 Å². The molecule has 0 amide bonds. The number of para-hydroxylation sites is 3. The zero-order chi connectivity index (χ0) is 32.3. The summed E-state index contributed by atoms with van der Waals surface area (Å²) >= 11 is 0. The molecule has 4 nitrogen and oxygen atoms in total. The van der Waals surface area contributed by atoms with Crippen molar-refractivity contribution in [3.63, 3.8) is 0 Å². The molecule has 1 N–H and O–H groups in total. The number of aliphatic imine (C=N–C) groups is 1. The summed E-state index contributed by atoms with van der Waals surface area (Å²) < 4.78 is 4.81. The molecule has 2 unspecified atom stereocenters. The minimum atomic E-state index is -0.145. The predicted molar refractivity (Wildman–Crippen MR) is 203 cm³/mol. The van der Waals surface area contributed by atoms with Crippen molar-refractivity contribution in [1.82, 2.24) is 14.5 Å². The molecule has 10 rings (SSSR count). The van der Waals surface area contributed by atoms with Crippen LogP contribution in [0.2, 0.25) is 0 Å². The smallest absolute Gasteiger partial charge is 0.126 e. The first kappa shape index (κ1) is 27.8. The Hall–Kier alpha value is -6.23. The lowest BCUT2D eigenvalue weighted by Crippen LogP contribution is -2.24. The van der Waals surface area contributed by atoms with Gasteiger partial charge in [0, 0.05) is 32.9 Å². The first-order valence-electron chi connectivity index (χ1n) is 16.9. The Kier molecular flexibility index (Phi) is 6.36. The van der Waals surface area contributed by atoms with Gasteiger partial charge < -0.3 is 9.13 Å². The minimum absolute atomic E-state index is 0.0180. The molecule has 0 spiro atoms. The topological polar surface area (TPSA) is 34.2 Å². The first-order chi connectivity index (χ1) is 24.3. The summed E-state index contributed by atoms with van der Waals surface area (Å²) in [7, 11) is 0. The average Bonchev–Trinajstić information content (AvgIpc) is 3.86. The predicted octanol–water partition coefficient (Wildman–Crippen LogP) is 10.7. The van der Waals surface area contributed by atoms with Crippen LogP contribution in [-0.4, -0.2) is 14.8 Å². The van der Waals surface area contributed by atoms with Crippen LogP contribution in [0.5, 0.6) is 0 Å². The molecular weight excluding hydrogens is 597 g/mol.